The Hall–Kier alpha value is -2.27. The number of aromatic nitrogens is 1. The quantitative estimate of drug-likeness (QED) is 0.923. The van der Waals surface area contributed by atoms with E-state index >= 15 is 0 Å². The van der Waals surface area contributed by atoms with Crippen LogP contribution < -0.4 is 14.8 Å². The van der Waals surface area contributed by atoms with Gasteiger partial charge in [-0.2, -0.15) is 0 Å². The molecule has 1 atom stereocenters. The molecule has 0 spiro atoms. The molecule has 126 valence electrons. The highest BCUT2D eigenvalue weighted by atomic mass is 35.5. The SMILES string of the molecule is CC(C)Oc1ncc(C(=O)NC2COc3ccccc3C2)cc1Cl. The van der Waals surface area contributed by atoms with Gasteiger partial charge in [-0.05, 0) is 38.0 Å². The standard InChI is InChI=1S/C18H19ClN2O3/c1-11(2)24-18-15(19)8-13(9-20-18)17(22)21-14-7-12-5-3-4-6-16(12)23-10-14/h3-6,8-9,11,14H,7,10H2,1-2H3,(H,21,22). The number of nitrogens with one attached hydrogen (secondary N) is 1. The Morgan fingerprint density at radius 2 is 2.21 bits per heavy atom. The van der Waals surface area contributed by atoms with Crippen LogP contribution in [0.1, 0.15) is 29.8 Å². The lowest BCUT2D eigenvalue weighted by molar-refractivity contribution is 0.0915. The molecule has 0 fully saturated rings. The molecular weight excluding hydrogens is 328 g/mol. The third-order valence-corrected chi connectivity index (χ3v) is 3.90. The molecule has 0 saturated carbocycles. The van der Waals surface area contributed by atoms with E-state index in [9.17, 15) is 4.79 Å². The maximum atomic E-state index is 12.4. The number of amides is 1. The maximum Gasteiger partial charge on any atom is 0.253 e. The number of carbonyl (C=O) groups is 1. The first-order valence-corrected chi connectivity index (χ1v) is 8.24. The van der Waals surface area contributed by atoms with E-state index in [0.717, 1.165) is 17.7 Å². The number of fused-ring (bicyclic) bond motifs is 1. The lowest BCUT2D eigenvalue weighted by atomic mass is 10.0. The number of ether oxygens (including phenoxy) is 2. The van der Waals surface area contributed by atoms with Crippen LogP contribution in [0.4, 0.5) is 0 Å². The normalized spacial score (nSPS) is 16.2. The van der Waals surface area contributed by atoms with Gasteiger partial charge in [-0.15, -0.1) is 0 Å². The number of para-hydroxylation sites is 1. The molecule has 1 unspecified atom stereocenters. The molecule has 5 nitrogen and oxygen atoms in total. The van der Waals surface area contributed by atoms with E-state index in [1.807, 2.05) is 38.1 Å². The Labute approximate surface area is 145 Å². The Morgan fingerprint density at radius 1 is 1.42 bits per heavy atom. The summed E-state index contributed by atoms with van der Waals surface area (Å²) in [5, 5.41) is 3.28. The van der Waals surface area contributed by atoms with E-state index in [1.54, 1.807) is 6.07 Å². The zero-order chi connectivity index (χ0) is 17.1. The second-order valence-corrected chi connectivity index (χ2v) is 6.38. The summed E-state index contributed by atoms with van der Waals surface area (Å²) in [5.41, 5.74) is 1.49. The molecule has 1 amide bonds. The average Bonchev–Trinajstić information content (AvgIpc) is 2.56. The molecule has 1 aliphatic rings. The van der Waals surface area contributed by atoms with Gasteiger partial charge in [0.15, 0.2) is 0 Å². The minimum atomic E-state index is -0.228. The van der Waals surface area contributed by atoms with Crippen molar-refractivity contribution in [1.29, 1.82) is 0 Å². The molecule has 3 rings (SSSR count). The highest BCUT2D eigenvalue weighted by Gasteiger charge is 2.22. The zero-order valence-corrected chi connectivity index (χ0v) is 14.3. The van der Waals surface area contributed by atoms with Crippen LogP contribution in [0.25, 0.3) is 0 Å². The summed E-state index contributed by atoms with van der Waals surface area (Å²) in [5.74, 6) is 0.981. The number of pyridine rings is 1. The van der Waals surface area contributed by atoms with Crippen molar-refractivity contribution >= 4 is 17.5 Å². The van der Waals surface area contributed by atoms with Crippen LogP contribution in [-0.4, -0.2) is 29.6 Å². The van der Waals surface area contributed by atoms with Gasteiger partial charge in [-0.25, -0.2) is 4.98 Å². The Morgan fingerprint density at radius 3 is 2.96 bits per heavy atom. The first-order chi connectivity index (χ1) is 11.5. The van der Waals surface area contributed by atoms with Gasteiger partial charge in [0.25, 0.3) is 5.91 Å². The average molecular weight is 347 g/mol. The van der Waals surface area contributed by atoms with Crippen molar-refractivity contribution in [2.75, 3.05) is 6.61 Å². The molecule has 1 aliphatic heterocycles. The van der Waals surface area contributed by atoms with E-state index in [2.05, 4.69) is 10.3 Å². The summed E-state index contributed by atoms with van der Waals surface area (Å²) in [7, 11) is 0. The van der Waals surface area contributed by atoms with Gasteiger partial charge in [-0.3, -0.25) is 4.79 Å². The van der Waals surface area contributed by atoms with Crippen LogP contribution in [0.3, 0.4) is 0 Å². The number of halogens is 1. The number of hydrogen-bond acceptors (Lipinski definition) is 4. The van der Waals surface area contributed by atoms with Gasteiger partial charge in [0.05, 0.1) is 17.7 Å². The van der Waals surface area contributed by atoms with E-state index < -0.39 is 0 Å². The summed E-state index contributed by atoms with van der Waals surface area (Å²) in [6.07, 6.45) is 2.17. The number of nitrogens with zero attached hydrogens (tertiary/aromatic N) is 1. The summed E-state index contributed by atoms with van der Waals surface area (Å²) in [6.45, 7) is 4.22. The van der Waals surface area contributed by atoms with Crippen LogP contribution in [0.5, 0.6) is 11.6 Å². The molecule has 24 heavy (non-hydrogen) atoms. The largest absolute Gasteiger partial charge is 0.491 e. The Bertz CT molecular complexity index is 749. The number of rotatable bonds is 4. The van der Waals surface area contributed by atoms with Gasteiger partial charge in [0, 0.05) is 6.20 Å². The van der Waals surface area contributed by atoms with Gasteiger partial charge in [-0.1, -0.05) is 29.8 Å². The third-order valence-electron chi connectivity index (χ3n) is 3.63. The maximum absolute atomic E-state index is 12.4. The second-order valence-electron chi connectivity index (χ2n) is 5.97. The van der Waals surface area contributed by atoms with Gasteiger partial charge < -0.3 is 14.8 Å². The molecule has 0 aliphatic carbocycles. The van der Waals surface area contributed by atoms with Crippen LogP contribution in [0, 0.1) is 0 Å². The van der Waals surface area contributed by atoms with E-state index in [4.69, 9.17) is 21.1 Å². The van der Waals surface area contributed by atoms with Crippen molar-refractivity contribution < 1.29 is 14.3 Å². The number of hydrogen-bond donors (Lipinski definition) is 1. The fourth-order valence-electron chi connectivity index (χ4n) is 2.55. The molecule has 0 saturated heterocycles. The van der Waals surface area contributed by atoms with Crippen molar-refractivity contribution in [2.45, 2.75) is 32.4 Å². The smallest absolute Gasteiger partial charge is 0.253 e. The molecule has 1 N–H and O–H groups in total. The summed E-state index contributed by atoms with van der Waals surface area (Å²) in [4.78, 5) is 16.5. The minimum Gasteiger partial charge on any atom is -0.491 e. The van der Waals surface area contributed by atoms with Crippen LogP contribution in [0.2, 0.25) is 5.02 Å². The van der Waals surface area contributed by atoms with Gasteiger partial charge in [0.2, 0.25) is 5.88 Å². The molecule has 1 aromatic heterocycles. The minimum absolute atomic E-state index is 0.0332. The topological polar surface area (TPSA) is 60.5 Å². The fraction of sp³-hybridized carbons (Fsp3) is 0.333. The van der Waals surface area contributed by atoms with Crippen molar-refractivity contribution in [1.82, 2.24) is 10.3 Å². The monoisotopic (exact) mass is 346 g/mol. The highest BCUT2D eigenvalue weighted by molar-refractivity contribution is 6.32. The molecule has 6 heteroatoms. The van der Waals surface area contributed by atoms with Crippen molar-refractivity contribution in [3.63, 3.8) is 0 Å². The summed E-state index contributed by atoms with van der Waals surface area (Å²) >= 11 is 6.14. The first kappa shape index (κ1) is 16.6. The predicted molar refractivity (Wildman–Crippen MR) is 91.9 cm³/mol. The van der Waals surface area contributed by atoms with E-state index in [-0.39, 0.29) is 18.1 Å². The van der Waals surface area contributed by atoms with Crippen LogP contribution >= 0.6 is 11.6 Å². The number of carbonyl (C=O) groups excluding carboxylic acids is 1. The lowest BCUT2D eigenvalue weighted by Crippen LogP contribution is -2.42. The lowest BCUT2D eigenvalue weighted by Gasteiger charge is -2.26. The van der Waals surface area contributed by atoms with Gasteiger partial charge in [0.1, 0.15) is 17.4 Å². The van der Waals surface area contributed by atoms with Gasteiger partial charge >= 0.3 is 0 Å². The molecular formula is C18H19ClN2O3. The highest BCUT2D eigenvalue weighted by Crippen LogP contribution is 2.25. The van der Waals surface area contributed by atoms with Crippen LogP contribution in [-0.2, 0) is 6.42 Å². The Kier molecular flexibility index (Phi) is 4.90. The van der Waals surface area contributed by atoms with E-state index in [0.29, 0.717) is 23.1 Å². The summed E-state index contributed by atoms with van der Waals surface area (Å²) in [6, 6.07) is 9.32. The number of benzene rings is 1. The molecule has 0 bridgehead atoms. The predicted octanol–water partition coefficient (Wildman–Crippen LogP) is 3.26. The fourth-order valence-corrected chi connectivity index (χ4v) is 2.76. The second kappa shape index (κ2) is 7.09. The van der Waals surface area contributed by atoms with Crippen LogP contribution in [0.15, 0.2) is 36.5 Å². The summed E-state index contributed by atoms with van der Waals surface area (Å²) < 4.78 is 11.2. The Balaban J connectivity index is 1.66. The zero-order valence-electron chi connectivity index (χ0n) is 13.6. The van der Waals surface area contributed by atoms with Crippen molar-refractivity contribution in [3.05, 3.63) is 52.7 Å². The first-order valence-electron chi connectivity index (χ1n) is 7.86. The molecule has 1 aromatic carbocycles. The van der Waals surface area contributed by atoms with Crippen molar-refractivity contribution in [3.8, 4) is 11.6 Å². The van der Waals surface area contributed by atoms with E-state index in [1.165, 1.54) is 6.20 Å². The molecule has 2 aromatic rings. The third kappa shape index (κ3) is 3.79. The molecule has 0 radical (unpaired) electrons. The molecule has 2 heterocycles. The van der Waals surface area contributed by atoms with Crippen molar-refractivity contribution in [2.24, 2.45) is 0 Å².